The van der Waals surface area contributed by atoms with Crippen molar-refractivity contribution in [3.8, 4) is 67.7 Å². The molecule has 14 aromatic rings. The number of hydrogen-bond donors (Lipinski definition) is 0. The minimum Gasteiger partial charge on any atom is -0.416 e. The molecule has 4 heterocycles. The van der Waals surface area contributed by atoms with Gasteiger partial charge in [-0.3, -0.25) is 0 Å². The Labute approximate surface area is 462 Å². The van der Waals surface area contributed by atoms with Crippen LogP contribution in [0, 0.1) is 0 Å². The largest absolute Gasteiger partial charge is 0.416 e. The summed E-state index contributed by atoms with van der Waals surface area (Å²) in [6.07, 6.45) is 7.33. The zero-order chi connectivity index (χ0) is 52.7. The lowest BCUT2D eigenvalue weighted by molar-refractivity contribution is 0.584. The molecule has 6 heteroatoms. The van der Waals surface area contributed by atoms with Crippen molar-refractivity contribution in [2.24, 2.45) is 0 Å². The number of aromatic nitrogens is 4. The van der Waals surface area contributed by atoms with Gasteiger partial charge in [0.1, 0.15) is 0 Å². The van der Waals surface area contributed by atoms with Gasteiger partial charge in [0.25, 0.3) is 0 Å². The second-order valence-corrected chi connectivity index (χ2v) is 21.0. The maximum Gasteiger partial charge on any atom is 0.248 e. The molecule has 0 spiro atoms. The number of allylic oxidation sites excluding steroid dienone is 2. The van der Waals surface area contributed by atoms with E-state index in [2.05, 4.69) is 279 Å². The monoisotopic (exact) mass is 1020 g/mol. The second-order valence-electron chi connectivity index (χ2n) is 21.0. The Morgan fingerprint density at radius 1 is 0.325 bits per heavy atom. The Morgan fingerprint density at radius 2 is 0.725 bits per heavy atom. The third-order valence-electron chi connectivity index (χ3n) is 16.4. The summed E-state index contributed by atoms with van der Waals surface area (Å²) in [5.74, 6) is 1.07. The van der Waals surface area contributed by atoms with Crippen LogP contribution >= 0.6 is 0 Å². The zero-order valence-electron chi connectivity index (χ0n) is 43.4. The van der Waals surface area contributed by atoms with Crippen molar-refractivity contribution in [3.63, 3.8) is 0 Å². The number of anilines is 2. The standard InChI is InChI=1S/C74H49N5O/c1-6-16-48(17-7-1)53-28-36-67-61(42-53)63-45-56(31-39-68(63)78(67)59-33-26-52(27-34-59)74-76-75-73(80-74)51-22-12-4-13-23-51)57-32-40-71-64(46-57)62-43-54(49-18-8-2-9-19-49)30-38-70(62)79(71)60-35-41-72-66(47-60)65-44-55(50-20-10-3-11-21-50)29-37-69(65)77(72)58-24-14-5-15-25-58/h1-47,64,71H. The molecule has 0 radical (unpaired) electrons. The van der Waals surface area contributed by atoms with Gasteiger partial charge < -0.3 is 18.5 Å². The molecule has 2 unspecified atom stereocenters. The molecule has 0 fully saturated rings. The molecule has 80 heavy (non-hydrogen) atoms. The average Bonchev–Trinajstić information content (AvgIpc) is 4.37. The number of rotatable bonds is 9. The Bertz CT molecular complexity index is 4750. The lowest BCUT2D eigenvalue weighted by atomic mass is 9.85. The molecule has 1 aliphatic heterocycles. The van der Waals surface area contributed by atoms with E-state index in [0.717, 1.165) is 33.5 Å². The maximum atomic E-state index is 6.17. The van der Waals surface area contributed by atoms with Crippen LogP contribution in [0.25, 0.3) is 117 Å². The summed E-state index contributed by atoms with van der Waals surface area (Å²) in [5, 5.41) is 13.6. The first kappa shape index (κ1) is 45.6. The van der Waals surface area contributed by atoms with Crippen molar-refractivity contribution in [3.05, 3.63) is 296 Å². The Hall–Kier alpha value is -10.6. The van der Waals surface area contributed by atoms with Crippen LogP contribution in [-0.2, 0) is 0 Å². The fraction of sp³-hybridized carbons (Fsp3) is 0.0270. The normalized spacial score (nSPS) is 14.8. The highest BCUT2D eigenvalue weighted by Crippen LogP contribution is 2.52. The first-order valence-electron chi connectivity index (χ1n) is 27.4. The third-order valence-corrected chi connectivity index (χ3v) is 16.4. The predicted molar refractivity (Wildman–Crippen MR) is 329 cm³/mol. The quantitative estimate of drug-likeness (QED) is 0.145. The first-order valence-corrected chi connectivity index (χ1v) is 27.4. The molecule has 0 saturated heterocycles. The minimum atomic E-state index is 0.0544. The SMILES string of the molecule is C1=CC2C(C=C1c1ccc3c(c1)c1cc(-c4ccccc4)ccc1n3-c1ccc(-c3nnc(-c4ccccc4)o3)cc1)c1cc(-c3ccccc3)ccc1N2c1ccc2c(c1)c1cc(-c3ccccc3)ccc1n2-c1ccccc1. The smallest absolute Gasteiger partial charge is 0.248 e. The van der Waals surface area contributed by atoms with Crippen LogP contribution in [0.3, 0.4) is 0 Å². The lowest BCUT2D eigenvalue weighted by Gasteiger charge is -2.30. The van der Waals surface area contributed by atoms with Gasteiger partial charge >= 0.3 is 0 Å². The summed E-state index contributed by atoms with van der Waals surface area (Å²) >= 11 is 0. The van der Waals surface area contributed by atoms with Crippen LogP contribution in [0.5, 0.6) is 0 Å². The van der Waals surface area contributed by atoms with Gasteiger partial charge in [0.15, 0.2) is 0 Å². The van der Waals surface area contributed by atoms with Crippen LogP contribution in [0.1, 0.15) is 17.0 Å². The predicted octanol–water partition coefficient (Wildman–Crippen LogP) is 18.9. The summed E-state index contributed by atoms with van der Waals surface area (Å²) in [6.45, 7) is 0. The highest BCUT2D eigenvalue weighted by Gasteiger charge is 2.39. The van der Waals surface area contributed by atoms with E-state index in [1.54, 1.807) is 0 Å². The van der Waals surface area contributed by atoms with Crippen LogP contribution < -0.4 is 4.90 Å². The minimum absolute atomic E-state index is 0.0544. The Morgan fingerprint density at radius 3 is 1.27 bits per heavy atom. The maximum absolute atomic E-state index is 6.17. The molecule has 6 nitrogen and oxygen atoms in total. The lowest BCUT2D eigenvalue weighted by Crippen LogP contribution is -2.28. The van der Waals surface area contributed by atoms with Crippen molar-refractivity contribution < 1.29 is 4.42 Å². The van der Waals surface area contributed by atoms with Gasteiger partial charge in [0.05, 0.1) is 28.1 Å². The van der Waals surface area contributed by atoms with Crippen LogP contribution in [0.15, 0.2) is 290 Å². The fourth-order valence-corrected chi connectivity index (χ4v) is 12.6. The van der Waals surface area contributed by atoms with Crippen molar-refractivity contribution >= 4 is 60.6 Å². The van der Waals surface area contributed by atoms with E-state index in [-0.39, 0.29) is 12.0 Å². The van der Waals surface area contributed by atoms with E-state index in [0.29, 0.717) is 11.8 Å². The summed E-state index contributed by atoms with van der Waals surface area (Å²) < 4.78 is 11.0. The molecule has 2 atom stereocenters. The molecule has 16 rings (SSSR count). The van der Waals surface area contributed by atoms with Crippen LogP contribution in [0.2, 0.25) is 0 Å². The Kier molecular flexibility index (Phi) is 10.6. The summed E-state index contributed by atoms with van der Waals surface area (Å²) in [5.41, 5.74) is 21.9. The van der Waals surface area contributed by atoms with Gasteiger partial charge in [-0.25, -0.2) is 0 Å². The molecule has 1 aliphatic carbocycles. The average molecular weight is 1020 g/mol. The fourth-order valence-electron chi connectivity index (χ4n) is 12.6. The third kappa shape index (κ3) is 7.56. The molecule has 2 aliphatic rings. The van der Waals surface area contributed by atoms with Crippen molar-refractivity contribution in [2.45, 2.75) is 12.0 Å². The van der Waals surface area contributed by atoms with Gasteiger partial charge in [-0.2, -0.15) is 0 Å². The molecule has 0 amide bonds. The van der Waals surface area contributed by atoms with Crippen molar-refractivity contribution in [1.29, 1.82) is 0 Å². The van der Waals surface area contributed by atoms with Gasteiger partial charge in [-0.05, 0) is 165 Å². The topological polar surface area (TPSA) is 52.0 Å². The van der Waals surface area contributed by atoms with Gasteiger partial charge in [-0.15, -0.1) is 10.2 Å². The van der Waals surface area contributed by atoms with E-state index >= 15 is 0 Å². The van der Waals surface area contributed by atoms with Crippen molar-refractivity contribution in [2.75, 3.05) is 4.90 Å². The van der Waals surface area contributed by atoms with Crippen molar-refractivity contribution in [1.82, 2.24) is 19.3 Å². The number of benzene rings is 11. The van der Waals surface area contributed by atoms with E-state index in [9.17, 15) is 0 Å². The first-order chi connectivity index (χ1) is 39.6. The highest BCUT2D eigenvalue weighted by atomic mass is 16.4. The molecule has 0 N–H and O–H groups in total. The molecule has 376 valence electrons. The molecular weight excluding hydrogens is 975 g/mol. The summed E-state index contributed by atoms with van der Waals surface area (Å²) in [4.78, 5) is 2.58. The van der Waals surface area contributed by atoms with Crippen LogP contribution in [-0.4, -0.2) is 25.4 Å². The van der Waals surface area contributed by atoms with E-state index in [4.69, 9.17) is 4.42 Å². The van der Waals surface area contributed by atoms with Gasteiger partial charge in [-0.1, -0.05) is 170 Å². The summed E-state index contributed by atoms with van der Waals surface area (Å²) in [7, 11) is 0. The van der Waals surface area contributed by atoms with Gasteiger partial charge in [0.2, 0.25) is 11.8 Å². The zero-order valence-corrected chi connectivity index (χ0v) is 43.4. The number of fused-ring (bicyclic) bond motifs is 9. The number of nitrogens with zero attached hydrogens (tertiary/aromatic N) is 5. The number of para-hydroxylation sites is 1. The van der Waals surface area contributed by atoms with E-state index in [1.807, 2.05) is 30.3 Å². The van der Waals surface area contributed by atoms with Crippen LogP contribution in [0.4, 0.5) is 11.4 Å². The second kappa shape index (κ2) is 18.6. The molecule has 0 saturated carbocycles. The highest BCUT2D eigenvalue weighted by molar-refractivity contribution is 6.13. The Balaban J connectivity index is 0.818. The van der Waals surface area contributed by atoms with E-state index in [1.165, 1.54) is 94.0 Å². The molecule has 11 aromatic carbocycles. The summed E-state index contributed by atoms with van der Waals surface area (Å²) in [6, 6.07) is 96.3. The molecular formula is C74H49N5O. The molecule has 0 bridgehead atoms. The molecule has 3 aromatic heterocycles. The van der Waals surface area contributed by atoms with E-state index < -0.39 is 0 Å². The number of hydrogen-bond acceptors (Lipinski definition) is 4. The van der Waals surface area contributed by atoms with Gasteiger partial charge in [0, 0.05) is 61.3 Å².